The third-order valence-corrected chi connectivity index (χ3v) is 2.77. The summed E-state index contributed by atoms with van der Waals surface area (Å²) in [5.74, 6) is -1.45. The molecule has 4 nitrogen and oxygen atoms in total. The summed E-state index contributed by atoms with van der Waals surface area (Å²) in [6.07, 6.45) is -0.0126. The average Bonchev–Trinajstić information content (AvgIpc) is 2.29. The fourth-order valence-corrected chi connectivity index (χ4v) is 1.53. The average molecular weight is 249 g/mol. The molecule has 0 saturated carbocycles. The summed E-state index contributed by atoms with van der Waals surface area (Å²) in [4.78, 5) is 22.2. The maximum Gasteiger partial charge on any atom is 0.306 e. The number of hydrogen-bond donors (Lipinski definition) is 2. The van der Waals surface area contributed by atoms with Gasteiger partial charge in [0.05, 0.1) is 5.92 Å². The van der Waals surface area contributed by atoms with Crippen molar-refractivity contribution in [2.45, 2.75) is 33.1 Å². The van der Waals surface area contributed by atoms with Gasteiger partial charge in [0.25, 0.3) is 0 Å². The second kappa shape index (κ2) is 6.19. The Hall–Kier alpha value is -1.84. The number of carbonyl (C=O) groups is 2. The summed E-state index contributed by atoms with van der Waals surface area (Å²) in [6, 6.07) is 7.58. The van der Waals surface area contributed by atoms with Crippen molar-refractivity contribution in [1.29, 1.82) is 0 Å². The fourth-order valence-electron chi connectivity index (χ4n) is 1.53. The Balaban J connectivity index is 2.57. The zero-order chi connectivity index (χ0) is 13.7. The van der Waals surface area contributed by atoms with Gasteiger partial charge < -0.3 is 10.4 Å². The van der Waals surface area contributed by atoms with Gasteiger partial charge in [-0.1, -0.05) is 32.9 Å². The topological polar surface area (TPSA) is 66.4 Å². The van der Waals surface area contributed by atoms with Gasteiger partial charge in [-0.25, -0.2) is 0 Å². The lowest BCUT2D eigenvalue weighted by molar-refractivity contribution is -0.142. The first kappa shape index (κ1) is 14.2. The lowest BCUT2D eigenvalue weighted by Gasteiger charge is -2.09. The monoisotopic (exact) mass is 249 g/mol. The van der Waals surface area contributed by atoms with Crippen LogP contribution in [0.15, 0.2) is 24.3 Å². The van der Waals surface area contributed by atoms with Crippen LogP contribution in [0.25, 0.3) is 0 Å². The van der Waals surface area contributed by atoms with E-state index in [1.54, 1.807) is 0 Å². The Morgan fingerprint density at radius 3 is 2.17 bits per heavy atom. The second-order valence-corrected chi connectivity index (χ2v) is 4.77. The number of carboxylic acid groups (broad SMARTS) is 1. The molecule has 0 heterocycles. The minimum Gasteiger partial charge on any atom is -0.481 e. The molecule has 1 rings (SSSR count). The molecule has 0 aliphatic rings. The number of carbonyl (C=O) groups excluding carboxylic acids is 1. The zero-order valence-corrected chi connectivity index (χ0v) is 10.9. The molecule has 1 unspecified atom stereocenters. The van der Waals surface area contributed by atoms with Crippen LogP contribution in [0.2, 0.25) is 0 Å². The summed E-state index contributed by atoms with van der Waals surface area (Å²) in [6.45, 7) is 5.72. The molecular weight excluding hydrogens is 230 g/mol. The third kappa shape index (κ3) is 4.20. The van der Waals surface area contributed by atoms with Gasteiger partial charge in [0.1, 0.15) is 0 Å². The molecule has 1 aromatic rings. The highest BCUT2D eigenvalue weighted by molar-refractivity contribution is 5.92. The number of aliphatic carboxylic acids is 1. The number of rotatable bonds is 5. The standard InChI is InChI=1S/C14H19NO3/c1-9(2)11-4-6-12(7-5-11)15-13(16)8-10(3)14(17)18/h4-7,9-10H,8H2,1-3H3,(H,15,16)(H,17,18). The van der Waals surface area contributed by atoms with E-state index in [1.807, 2.05) is 24.3 Å². The molecule has 0 radical (unpaired) electrons. The van der Waals surface area contributed by atoms with Crippen LogP contribution in [0.5, 0.6) is 0 Å². The van der Waals surface area contributed by atoms with Gasteiger partial charge in [0.15, 0.2) is 0 Å². The van der Waals surface area contributed by atoms with E-state index in [0.29, 0.717) is 11.6 Å². The van der Waals surface area contributed by atoms with Crippen LogP contribution >= 0.6 is 0 Å². The molecule has 0 aliphatic heterocycles. The SMILES string of the molecule is CC(CC(=O)Nc1ccc(C(C)C)cc1)C(=O)O. The van der Waals surface area contributed by atoms with Crippen LogP contribution < -0.4 is 5.32 Å². The van der Waals surface area contributed by atoms with E-state index in [2.05, 4.69) is 19.2 Å². The molecule has 0 saturated heterocycles. The Labute approximate surface area is 107 Å². The maximum atomic E-state index is 11.6. The van der Waals surface area contributed by atoms with Gasteiger partial charge in [-0.3, -0.25) is 9.59 Å². The molecule has 0 aromatic heterocycles. The van der Waals surface area contributed by atoms with Gasteiger partial charge in [0.2, 0.25) is 5.91 Å². The lowest BCUT2D eigenvalue weighted by atomic mass is 10.0. The molecule has 1 atom stereocenters. The molecule has 1 amide bonds. The summed E-state index contributed by atoms with van der Waals surface area (Å²) in [7, 11) is 0. The Kier molecular flexibility index (Phi) is 4.89. The van der Waals surface area contributed by atoms with E-state index in [0.717, 1.165) is 0 Å². The highest BCUT2D eigenvalue weighted by Gasteiger charge is 2.15. The van der Waals surface area contributed by atoms with Crippen LogP contribution in [0.4, 0.5) is 5.69 Å². The first-order chi connectivity index (χ1) is 8.40. The lowest BCUT2D eigenvalue weighted by Crippen LogP contribution is -2.19. The van der Waals surface area contributed by atoms with E-state index in [4.69, 9.17) is 5.11 Å². The minimum absolute atomic E-state index is 0.0126. The van der Waals surface area contributed by atoms with E-state index >= 15 is 0 Å². The zero-order valence-electron chi connectivity index (χ0n) is 10.9. The number of nitrogens with one attached hydrogen (secondary N) is 1. The van der Waals surface area contributed by atoms with E-state index < -0.39 is 11.9 Å². The first-order valence-electron chi connectivity index (χ1n) is 6.02. The van der Waals surface area contributed by atoms with Gasteiger partial charge in [-0.05, 0) is 23.6 Å². The summed E-state index contributed by atoms with van der Waals surface area (Å²) in [5.41, 5.74) is 1.90. The molecule has 0 bridgehead atoms. The molecule has 0 aliphatic carbocycles. The normalized spacial score (nSPS) is 12.2. The van der Waals surface area contributed by atoms with E-state index in [1.165, 1.54) is 12.5 Å². The van der Waals surface area contributed by atoms with Gasteiger partial charge in [0, 0.05) is 12.1 Å². The fraction of sp³-hybridized carbons (Fsp3) is 0.429. The Morgan fingerprint density at radius 2 is 1.72 bits per heavy atom. The van der Waals surface area contributed by atoms with Crippen molar-refractivity contribution >= 4 is 17.6 Å². The van der Waals surface area contributed by atoms with Crippen LogP contribution in [0, 0.1) is 5.92 Å². The Bertz CT molecular complexity index is 423. The summed E-state index contributed by atoms with van der Waals surface area (Å²) in [5, 5.41) is 11.4. The van der Waals surface area contributed by atoms with Crippen molar-refractivity contribution in [3.8, 4) is 0 Å². The summed E-state index contributed by atoms with van der Waals surface area (Å²) < 4.78 is 0. The predicted molar refractivity (Wildman–Crippen MR) is 70.6 cm³/mol. The third-order valence-electron chi connectivity index (χ3n) is 2.77. The maximum absolute atomic E-state index is 11.6. The smallest absolute Gasteiger partial charge is 0.306 e. The molecule has 0 fully saturated rings. The van der Waals surface area contributed by atoms with Crippen LogP contribution in [0.3, 0.4) is 0 Å². The number of benzene rings is 1. The quantitative estimate of drug-likeness (QED) is 0.843. The predicted octanol–water partition coefficient (Wildman–Crippen LogP) is 2.86. The van der Waals surface area contributed by atoms with Crippen LogP contribution in [-0.2, 0) is 9.59 Å². The van der Waals surface area contributed by atoms with Crippen molar-refractivity contribution in [1.82, 2.24) is 0 Å². The van der Waals surface area contributed by atoms with Crippen molar-refractivity contribution in [2.75, 3.05) is 5.32 Å². The molecule has 4 heteroatoms. The highest BCUT2D eigenvalue weighted by atomic mass is 16.4. The van der Waals surface area contributed by atoms with Crippen LogP contribution in [-0.4, -0.2) is 17.0 Å². The van der Waals surface area contributed by atoms with Crippen molar-refractivity contribution in [2.24, 2.45) is 5.92 Å². The first-order valence-corrected chi connectivity index (χ1v) is 6.02. The number of hydrogen-bond acceptors (Lipinski definition) is 2. The second-order valence-electron chi connectivity index (χ2n) is 4.77. The highest BCUT2D eigenvalue weighted by Crippen LogP contribution is 2.17. The van der Waals surface area contributed by atoms with Gasteiger partial charge in [-0.15, -0.1) is 0 Å². The van der Waals surface area contributed by atoms with E-state index in [-0.39, 0.29) is 12.3 Å². The number of amides is 1. The molecule has 98 valence electrons. The van der Waals surface area contributed by atoms with Gasteiger partial charge in [-0.2, -0.15) is 0 Å². The van der Waals surface area contributed by atoms with Crippen molar-refractivity contribution < 1.29 is 14.7 Å². The van der Waals surface area contributed by atoms with Crippen molar-refractivity contribution in [3.05, 3.63) is 29.8 Å². The number of carboxylic acids is 1. The molecule has 18 heavy (non-hydrogen) atoms. The van der Waals surface area contributed by atoms with Gasteiger partial charge >= 0.3 is 5.97 Å². The number of anilines is 1. The van der Waals surface area contributed by atoms with Crippen LogP contribution in [0.1, 0.15) is 38.7 Å². The molecule has 0 spiro atoms. The molecule has 1 aromatic carbocycles. The Morgan fingerprint density at radius 1 is 1.17 bits per heavy atom. The largest absolute Gasteiger partial charge is 0.481 e. The minimum atomic E-state index is -0.958. The summed E-state index contributed by atoms with van der Waals surface area (Å²) >= 11 is 0. The van der Waals surface area contributed by atoms with Crippen molar-refractivity contribution in [3.63, 3.8) is 0 Å². The van der Waals surface area contributed by atoms with E-state index in [9.17, 15) is 9.59 Å². The molecule has 2 N–H and O–H groups in total. The molecular formula is C14H19NO3.